The Kier molecular flexibility index (Phi) is 3.88. The number of amides is 1. The predicted octanol–water partition coefficient (Wildman–Crippen LogP) is 1.48. The Morgan fingerprint density at radius 2 is 1.62 bits per heavy atom. The van der Waals surface area contributed by atoms with Gasteiger partial charge < -0.3 is 0 Å². The molecule has 0 heterocycles. The van der Waals surface area contributed by atoms with Crippen molar-refractivity contribution in [3.8, 4) is 0 Å². The third-order valence-corrected chi connectivity index (χ3v) is 1.14. The van der Waals surface area contributed by atoms with E-state index in [9.17, 15) is 4.79 Å². The third-order valence-electron chi connectivity index (χ3n) is 1.14. The molecule has 0 aliphatic carbocycles. The Labute approximate surface area is 80.2 Å². The molecule has 1 amide bonds. The monoisotopic (exact) mass is 188 g/mol. The van der Waals surface area contributed by atoms with E-state index in [1.165, 1.54) is 5.17 Å². The van der Waals surface area contributed by atoms with Gasteiger partial charge in [0.25, 0.3) is 0 Å². The Balaban J connectivity index is 4.35. The molecule has 0 aliphatic heterocycles. The Bertz CT molecular complexity index is 167. The molecular formula is C9H20N2O2. The lowest BCUT2D eigenvalue weighted by atomic mass is 10.1. The molecule has 0 radical (unpaired) electrons. The Hall–Kier alpha value is -0.610. The van der Waals surface area contributed by atoms with Gasteiger partial charge in [-0.25, -0.2) is 0 Å². The number of nitrogens with zero attached hydrogens (tertiary/aromatic N) is 1. The van der Waals surface area contributed by atoms with E-state index in [2.05, 4.69) is 5.43 Å². The lowest BCUT2D eigenvalue weighted by Gasteiger charge is -2.37. The largest absolute Gasteiger partial charge is 0.277 e. The molecule has 0 aliphatic rings. The van der Waals surface area contributed by atoms with E-state index in [-0.39, 0.29) is 11.1 Å². The fraction of sp³-hybridized carbons (Fsp3) is 0.889. The normalized spacial score (nSPS) is 13.2. The zero-order valence-corrected chi connectivity index (χ0v) is 9.34. The van der Waals surface area contributed by atoms with E-state index < -0.39 is 0 Å². The molecule has 0 saturated heterocycles. The summed E-state index contributed by atoms with van der Waals surface area (Å²) in [6.45, 7) is 11.6. The number of nitrogens with one attached hydrogen (secondary N) is 1. The first kappa shape index (κ1) is 12.4. The highest BCUT2D eigenvalue weighted by molar-refractivity contribution is 5.44. The second-order valence-electron chi connectivity index (χ2n) is 4.92. The lowest BCUT2D eigenvalue weighted by molar-refractivity contribution is -0.290. The van der Waals surface area contributed by atoms with Gasteiger partial charge >= 0.3 is 0 Å². The van der Waals surface area contributed by atoms with Crippen molar-refractivity contribution in [2.24, 2.45) is 0 Å². The molecule has 0 aromatic rings. The number of carbonyl (C=O) groups excluding carboxylic acids is 1. The van der Waals surface area contributed by atoms with Crippen LogP contribution in [0.3, 0.4) is 0 Å². The molecule has 1 N–H and O–H groups in total. The number of hydrogen-bond acceptors (Lipinski definition) is 3. The quantitative estimate of drug-likeness (QED) is 0.539. The molecule has 0 aromatic carbocycles. The molecule has 13 heavy (non-hydrogen) atoms. The summed E-state index contributed by atoms with van der Waals surface area (Å²) in [4.78, 5) is 15.8. The summed E-state index contributed by atoms with van der Waals surface area (Å²) >= 11 is 0. The molecule has 0 fully saturated rings. The van der Waals surface area contributed by atoms with Gasteiger partial charge in [-0.3, -0.25) is 15.1 Å². The van der Waals surface area contributed by atoms with E-state index in [4.69, 9.17) is 4.84 Å². The Morgan fingerprint density at radius 3 is 1.85 bits per heavy atom. The smallest absolute Gasteiger partial charge is 0.223 e. The maximum absolute atomic E-state index is 10.3. The number of hydroxylamine groups is 1. The molecule has 4 nitrogen and oxygen atoms in total. The summed E-state index contributed by atoms with van der Waals surface area (Å²) in [5, 5.41) is 1.46. The third kappa shape index (κ3) is 5.60. The predicted molar refractivity (Wildman–Crippen MR) is 51.6 cm³/mol. The summed E-state index contributed by atoms with van der Waals surface area (Å²) in [6.07, 6.45) is 0.608. The van der Waals surface area contributed by atoms with Crippen LogP contribution < -0.4 is 5.43 Å². The van der Waals surface area contributed by atoms with Crippen LogP contribution in [0.4, 0.5) is 0 Å². The highest BCUT2D eigenvalue weighted by atomic mass is 16.7. The van der Waals surface area contributed by atoms with E-state index >= 15 is 0 Å². The standard InChI is InChI=1S/C9H20N2O2/c1-8(2,3)11(10-7-12)13-9(4,5)6/h7H,1-6H3,(H,10,12). The number of rotatable bonds is 3. The van der Waals surface area contributed by atoms with Crippen molar-refractivity contribution < 1.29 is 9.63 Å². The molecular weight excluding hydrogens is 168 g/mol. The summed E-state index contributed by atoms with van der Waals surface area (Å²) in [6, 6.07) is 0. The minimum absolute atomic E-state index is 0.256. The molecule has 0 atom stereocenters. The van der Waals surface area contributed by atoms with Gasteiger partial charge in [-0.05, 0) is 41.5 Å². The minimum atomic E-state index is -0.316. The van der Waals surface area contributed by atoms with Crippen molar-refractivity contribution in [1.82, 2.24) is 10.6 Å². The van der Waals surface area contributed by atoms with Crippen molar-refractivity contribution in [1.29, 1.82) is 0 Å². The summed E-state index contributed by atoms with van der Waals surface area (Å²) in [5.74, 6) is 0. The van der Waals surface area contributed by atoms with Gasteiger partial charge in [0.15, 0.2) is 0 Å². The van der Waals surface area contributed by atoms with Crippen LogP contribution >= 0.6 is 0 Å². The number of hydrazine groups is 1. The van der Waals surface area contributed by atoms with Gasteiger partial charge in [-0.15, -0.1) is 0 Å². The number of hydrogen-bond donors (Lipinski definition) is 1. The van der Waals surface area contributed by atoms with Crippen LogP contribution in [-0.2, 0) is 9.63 Å². The first-order chi connectivity index (χ1) is 5.67. The van der Waals surface area contributed by atoms with E-state index in [1.54, 1.807) is 0 Å². The molecule has 78 valence electrons. The van der Waals surface area contributed by atoms with Crippen LogP contribution in [-0.4, -0.2) is 22.7 Å². The molecule has 4 heteroatoms. The number of carbonyl (C=O) groups is 1. The van der Waals surface area contributed by atoms with Crippen molar-refractivity contribution in [2.45, 2.75) is 52.7 Å². The second kappa shape index (κ2) is 4.07. The van der Waals surface area contributed by atoms with Crippen LogP contribution in [0.5, 0.6) is 0 Å². The first-order valence-corrected chi connectivity index (χ1v) is 4.36. The Morgan fingerprint density at radius 1 is 1.15 bits per heavy atom. The topological polar surface area (TPSA) is 41.6 Å². The maximum atomic E-state index is 10.3. The highest BCUT2D eigenvalue weighted by Gasteiger charge is 2.26. The minimum Gasteiger partial charge on any atom is -0.277 e. The summed E-state index contributed by atoms with van der Waals surface area (Å²) in [7, 11) is 0. The first-order valence-electron chi connectivity index (χ1n) is 4.36. The van der Waals surface area contributed by atoms with Crippen LogP contribution in [0.15, 0.2) is 0 Å². The summed E-state index contributed by atoms with van der Waals surface area (Å²) in [5.41, 5.74) is 1.94. The SMILES string of the molecule is CC(C)(C)ON(NC=O)C(C)(C)C. The van der Waals surface area contributed by atoms with Crippen molar-refractivity contribution in [3.05, 3.63) is 0 Å². The molecule has 0 saturated carbocycles. The van der Waals surface area contributed by atoms with Gasteiger partial charge in [0.1, 0.15) is 0 Å². The highest BCUT2D eigenvalue weighted by Crippen LogP contribution is 2.17. The van der Waals surface area contributed by atoms with E-state index in [0.717, 1.165) is 0 Å². The molecule has 0 rings (SSSR count). The average molecular weight is 188 g/mol. The van der Waals surface area contributed by atoms with Gasteiger partial charge in [-0.1, -0.05) is 5.17 Å². The van der Waals surface area contributed by atoms with Gasteiger partial charge in [-0.2, -0.15) is 0 Å². The zero-order chi connectivity index (χ0) is 10.7. The average Bonchev–Trinajstić information content (AvgIpc) is 1.81. The molecule has 0 aromatic heterocycles. The molecule has 0 bridgehead atoms. The van der Waals surface area contributed by atoms with E-state index in [1.807, 2.05) is 41.5 Å². The molecule has 0 spiro atoms. The van der Waals surface area contributed by atoms with Crippen LogP contribution in [0.1, 0.15) is 41.5 Å². The van der Waals surface area contributed by atoms with Crippen molar-refractivity contribution >= 4 is 6.41 Å². The fourth-order valence-corrected chi connectivity index (χ4v) is 0.679. The van der Waals surface area contributed by atoms with Crippen LogP contribution in [0, 0.1) is 0 Å². The second-order valence-corrected chi connectivity index (χ2v) is 4.92. The van der Waals surface area contributed by atoms with Crippen LogP contribution in [0.25, 0.3) is 0 Å². The van der Waals surface area contributed by atoms with Crippen molar-refractivity contribution in [2.75, 3.05) is 0 Å². The maximum Gasteiger partial charge on any atom is 0.223 e. The van der Waals surface area contributed by atoms with E-state index in [0.29, 0.717) is 6.41 Å². The van der Waals surface area contributed by atoms with Gasteiger partial charge in [0.2, 0.25) is 6.41 Å². The molecule has 0 unspecified atom stereocenters. The zero-order valence-electron chi connectivity index (χ0n) is 9.34. The fourth-order valence-electron chi connectivity index (χ4n) is 0.679. The summed E-state index contributed by atoms with van der Waals surface area (Å²) < 4.78 is 0. The van der Waals surface area contributed by atoms with Crippen molar-refractivity contribution in [3.63, 3.8) is 0 Å². The van der Waals surface area contributed by atoms with Gasteiger partial charge in [0, 0.05) is 0 Å². The van der Waals surface area contributed by atoms with Gasteiger partial charge in [0.05, 0.1) is 11.1 Å². The van der Waals surface area contributed by atoms with Crippen LogP contribution in [0.2, 0.25) is 0 Å². The lowest BCUT2D eigenvalue weighted by Crippen LogP contribution is -2.52.